The lowest BCUT2D eigenvalue weighted by molar-refractivity contribution is -0.135. The molecule has 6 heteroatoms. The molecule has 2 N–H and O–H groups in total. The highest BCUT2D eigenvalue weighted by Crippen LogP contribution is 2.13. The first-order valence-corrected chi connectivity index (χ1v) is 9.97. The minimum atomic E-state index is -0.974. The van der Waals surface area contributed by atoms with E-state index in [1.807, 2.05) is 35.2 Å². The number of aryl methyl sites for hydroxylation is 1. The Morgan fingerprint density at radius 3 is 2.21 bits per heavy atom. The molecule has 1 aliphatic heterocycles. The van der Waals surface area contributed by atoms with Gasteiger partial charge >= 0.3 is 5.97 Å². The first-order chi connectivity index (χ1) is 14.0. The number of nitrogens with one attached hydrogen (secondary N) is 1. The van der Waals surface area contributed by atoms with Gasteiger partial charge in [-0.2, -0.15) is 0 Å². The number of benzene rings is 2. The van der Waals surface area contributed by atoms with E-state index in [1.54, 1.807) is 12.1 Å². The molecule has 1 fully saturated rings. The van der Waals surface area contributed by atoms with Crippen LogP contribution < -0.4 is 5.32 Å². The summed E-state index contributed by atoms with van der Waals surface area (Å²) >= 11 is 0. The van der Waals surface area contributed by atoms with E-state index in [2.05, 4.69) is 5.32 Å². The topological polar surface area (TPSA) is 86.7 Å². The molecule has 1 aliphatic rings. The third kappa shape index (κ3) is 5.91. The molecule has 1 heterocycles. The van der Waals surface area contributed by atoms with Crippen LogP contribution in [-0.4, -0.2) is 46.9 Å². The number of aromatic carboxylic acids is 1. The number of carbonyl (C=O) groups is 3. The maximum atomic E-state index is 12.9. The number of carboxylic acid groups (broad SMARTS) is 1. The number of hydrogen-bond acceptors (Lipinski definition) is 3. The normalized spacial score (nSPS) is 14.4. The van der Waals surface area contributed by atoms with E-state index in [-0.39, 0.29) is 23.8 Å². The minimum absolute atomic E-state index is 0.0227. The SMILES string of the molecule is O=C(CCc1ccc(C(=O)O)cc1)NC(Cc1ccccc1)C(=O)N1CCCC1. The van der Waals surface area contributed by atoms with Gasteiger partial charge in [-0.3, -0.25) is 9.59 Å². The summed E-state index contributed by atoms with van der Waals surface area (Å²) in [6.07, 6.45) is 3.20. The van der Waals surface area contributed by atoms with Crippen molar-refractivity contribution in [3.63, 3.8) is 0 Å². The summed E-state index contributed by atoms with van der Waals surface area (Å²) in [5.41, 5.74) is 2.11. The number of carboxylic acids is 1. The van der Waals surface area contributed by atoms with Crippen molar-refractivity contribution in [2.45, 2.75) is 38.1 Å². The van der Waals surface area contributed by atoms with Gasteiger partial charge in [-0.05, 0) is 42.5 Å². The van der Waals surface area contributed by atoms with E-state index in [1.165, 1.54) is 12.1 Å². The molecule has 2 amide bonds. The highest BCUT2D eigenvalue weighted by atomic mass is 16.4. The predicted molar refractivity (Wildman–Crippen MR) is 110 cm³/mol. The quantitative estimate of drug-likeness (QED) is 0.721. The predicted octanol–water partition coefficient (Wildman–Crippen LogP) is 2.67. The van der Waals surface area contributed by atoms with Crippen LogP contribution in [0.2, 0.25) is 0 Å². The average Bonchev–Trinajstić information content (AvgIpc) is 3.27. The monoisotopic (exact) mass is 394 g/mol. The van der Waals surface area contributed by atoms with Gasteiger partial charge in [0.2, 0.25) is 11.8 Å². The van der Waals surface area contributed by atoms with Crippen molar-refractivity contribution in [3.05, 3.63) is 71.3 Å². The maximum absolute atomic E-state index is 12.9. The van der Waals surface area contributed by atoms with E-state index in [0.29, 0.717) is 12.8 Å². The van der Waals surface area contributed by atoms with Crippen LogP contribution in [0.4, 0.5) is 0 Å². The highest BCUT2D eigenvalue weighted by molar-refractivity contribution is 5.88. The van der Waals surface area contributed by atoms with Crippen LogP contribution in [0.3, 0.4) is 0 Å². The van der Waals surface area contributed by atoms with Gasteiger partial charge in [-0.1, -0.05) is 42.5 Å². The maximum Gasteiger partial charge on any atom is 0.335 e. The molecule has 6 nitrogen and oxygen atoms in total. The molecule has 0 aliphatic carbocycles. The van der Waals surface area contributed by atoms with Gasteiger partial charge in [-0.25, -0.2) is 4.79 Å². The average molecular weight is 394 g/mol. The fourth-order valence-electron chi connectivity index (χ4n) is 3.55. The Kier molecular flexibility index (Phi) is 7.00. The molecule has 0 spiro atoms. The Balaban J connectivity index is 1.60. The fourth-order valence-corrected chi connectivity index (χ4v) is 3.55. The number of nitrogens with zero attached hydrogens (tertiary/aromatic N) is 1. The second-order valence-electron chi connectivity index (χ2n) is 7.34. The highest BCUT2D eigenvalue weighted by Gasteiger charge is 2.27. The second kappa shape index (κ2) is 9.87. The fraction of sp³-hybridized carbons (Fsp3) is 0.348. The lowest BCUT2D eigenvalue weighted by Crippen LogP contribution is -2.49. The zero-order valence-electron chi connectivity index (χ0n) is 16.3. The molecule has 1 atom stereocenters. The molecule has 2 aromatic rings. The Labute approximate surface area is 170 Å². The number of carbonyl (C=O) groups excluding carboxylic acids is 2. The van der Waals surface area contributed by atoms with Gasteiger partial charge in [-0.15, -0.1) is 0 Å². The van der Waals surface area contributed by atoms with Gasteiger partial charge in [0.15, 0.2) is 0 Å². The third-order valence-electron chi connectivity index (χ3n) is 5.18. The van der Waals surface area contributed by atoms with Crippen LogP contribution in [0.15, 0.2) is 54.6 Å². The second-order valence-corrected chi connectivity index (χ2v) is 7.34. The van der Waals surface area contributed by atoms with Crippen LogP contribution in [0, 0.1) is 0 Å². The minimum Gasteiger partial charge on any atom is -0.478 e. The number of hydrogen-bond donors (Lipinski definition) is 2. The van der Waals surface area contributed by atoms with E-state index in [9.17, 15) is 14.4 Å². The van der Waals surface area contributed by atoms with Crippen molar-refractivity contribution in [3.8, 4) is 0 Å². The summed E-state index contributed by atoms with van der Waals surface area (Å²) in [5.74, 6) is -1.18. The molecule has 3 rings (SSSR count). The van der Waals surface area contributed by atoms with Gasteiger partial charge in [0.25, 0.3) is 0 Å². The van der Waals surface area contributed by atoms with Gasteiger partial charge in [0.1, 0.15) is 6.04 Å². The van der Waals surface area contributed by atoms with Crippen LogP contribution >= 0.6 is 0 Å². The van der Waals surface area contributed by atoms with Crippen molar-refractivity contribution in [1.82, 2.24) is 10.2 Å². The van der Waals surface area contributed by atoms with E-state index < -0.39 is 12.0 Å². The van der Waals surface area contributed by atoms with Crippen molar-refractivity contribution in [1.29, 1.82) is 0 Å². The smallest absolute Gasteiger partial charge is 0.335 e. The van der Waals surface area contributed by atoms with Crippen LogP contribution in [0.25, 0.3) is 0 Å². The van der Waals surface area contributed by atoms with Crippen molar-refractivity contribution < 1.29 is 19.5 Å². The summed E-state index contributed by atoms with van der Waals surface area (Å²) in [6.45, 7) is 1.49. The summed E-state index contributed by atoms with van der Waals surface area (Å²) in [4.78, 5) is 38.2. The van der Waals surface area contributed by atoms with E-state index in [4.69, 9.17) is 5.11 Å². The van der Waals surface area contributed by atoms with Crippen LogP contribution in [-0.2, 0) is 22.4 Å². The Morgan fingerprint density at radius 2 is 1.59 bits per heavy atom. The first-order valence-electron chi connectivity index (χ1n) is 9.97. The van der Waals surface area contributed by atoms with Crippen LogP contribution in [0.1, 0.15) is 40.7 Å². The first kappa shape index (κ1) is 20.6. The van der Waals surface area contributed by atoms with Crippen LogP contribution in [0.5, 0.6) is 0 Å². The molecule has 0 aromatic heterocycles. The molecule has 0 saturated carbocycles. The van der Waals surface area contributed by atoms with Crippen molar-refractivity contribution >= 4 is 17.8 Å². The standard InChI is InChI=1S/C23H26N2O4/c26-21(13-10-17-8-11-19(12-9-17)23(28)29)24-20(16-18-6-2-1-3-7-18)22(27)25-14-4-5-15-25/h1-3,6-9,11-12,20H,4-5,10,13-16H2,(H,24,26)(H,28,29). The molecule has 0 bridgehead atoms. The van der Waals surface area contributed by atoms with Crippen molar-refractivity contribution in [2.24, 2.45) is 0 Å². The Morgan fingerprint density at radius 1 is 0.931 bits per heavy atom. The zero-order valence-corrected chi connectivity index (χ0v) is 16.3. The molecule has 1 unspecified atom stereocenters. The molecular formula is C23H26N2O4. The summed E-state index contributed by atoms with van der Waals surface area (Å²) in [7, 11) is 0. The number of amides is 2. The molecule has 1 saturated heterocycles. The zero-order chi connectivity index (χ0) is 20.6. The largest absolute Gasteiger partial charge is 0.478 e. The number of rotatable bonds is 8. The lowest BCUT2D eigenvalue weighted by atomic mass is 10.0. The molecule has 29 heavy (non-hydrogen) atoms. The lowest BCUT2D eigenvalue weighted by Gasteiger charge is -2.24. The van der Waals surface area contributed by atoms with Crippen molar-refractivity contribution in [2.75, 3.05) is 13.1 Å². The summed E-state index contributed by atoms with van der Waals surface area (Å²) in [5, 5.41) is 11.9. The molecular weight excluding hydrogens is 368 g/mol. The van der Waals surface area contributed by atoms with Gasteiger partial charge in [0.05, 0.1) is 5.56 Å². The number of likely N-dealkylation sites (tertiary alicyclic amines) is 1. The Bertz CT molecular complexity index is 843. The summed E-state index contributed by atoms with van der Waals surface area (Å²) in [6, 6.07) is 15.6. The third-order valence-corrected chi connectivity index (χ3v) is 5.18. The molecule has 0 radical (unpaired) electrons. The van der Waals surface area contributed by atoms with Gasteiger partial charge in [0, 0.05) is 25.9 Å². The van der Waals surface area contributed by atoms with E-state index in [0.717, 1.165) is 37.1 Å². The molecule has 152 valence electrons. The molecule has 2 aromatic carbocycles. The van der Waals surface area contributed by atoms with E-state index >= 15 is 0 Å². The summed E-state index contributed by atoms with van der Waals surface area (Å²) < 4.78 is 0. The van der Waals surface area contributed by atoms with Gasteiger partial charge < -0.3 is 15.3 Å². The Hall–Kier alpha value is -3.15.